The van der Waals surface area contributed by atoms with Gasteiger partial charge in [-0.15, -0.1) is 0 Å². The molecule has 0 saturated carbocycles. The average molecular weight is 453 g/mol. The molecule has 1 N–H and O–H groups in total. The van der Waals surface area contributed by atoms with Crippen molar-refractivity contribution in [1.82, 2.24) is 9.97 Å². The highest BCUT2D eigenvalue weighted by Gasteiger charge is 2.33. The van der Waals surface area contributed by atoms with E-state index in [0.717, 1.165) is 11.1 Å². The second-order valence-corrected chi connectivity index (χ2v) is 7.64. The van der Waals surface area contributed by atoms with Crippen molar-refractivity contribution in [2.75, 3.05) is 43.2 Å². The Morgan fingerprint density at radius 1 is 1.09 bits per heavy atom. The maximum absolute atomic E-state index is 14.6. The summed E-state index contributed by atoms with van der Waals surface area (Å²) < 4.78 is 39.9. The van der Waals surface area contributed by atoms with E-state index in [4.69, 9.17) is 9.47 Å². The van der Waals surface area contributed by atoms with E-state index in [2.05, 4.69) is 20.5 Å². The Labute approximate surface area is 191 Å². The van der Waals surface area contributed by atoms with E-state index in [1.165, 1.54) is 12.1 Å². The molecule has 33 heavy (non-hydrogen) atoms. The minimum absolute atomic E-state index is 0.129. The number of morpholine rings is 1. The van der Waals surface area contributed by atoms with Gasteiger partial charge in [0.1, 0.15) is 5.82 Å². The molecule has 1 aliphatic rings. The number of ether oxygens (including phenoxy) is 2. The van der Waals surface area contributed by atoms with Gasteiger partial charge < -0.3 is 14.4 Å². The van der Waals surface area contributed by atoms with Gasteiger partial charge in [-0.05, 0) is 12.5 Å². The fourth-order valence-corrected chi connectivity index (χ4v) is 3.33. The molecule has 3 aromatic rings. The third-order valence-electron chi connectivity index (χ3n) is 5.04. The normalized spacial score (nSPS) is 14.5. The monoisotopic (exact) mass is 453 g/mol. The number of anilines is 2. The summed E-state index contributed by atoms with van der Waals surface area (Å²) in [7, 11) is 0. The zero-order valence-corrected chi connectivity index (χ0v) is 18.2. The first-order valence-electron chi connectivity index (χ1n) is 10.6. The number of rotatable bonds is 8. The molecule has 0 atom stereocenters. The molecule has 4 rings (SSSR count). The van der Waals surface area contributed by atoms with E-state index in [9.17, 15) is 8.78 Å². The van der Waals surface area contributed by atoms with Crippen LogP contribution in [-0.2, 0) is 10.7 Å². The second kappa shape index (κ2) is 10.4. The van der Waals surface area contributed by atoms with E-state index in [-0.39, 0.29) is 11.6 Å². The van der Waals surface area contributed by atoms with E-state index in [0.29, 0.717) is 37.9 Å². The molecular formula is C24H25F2N5O2. The lowest BCUT2D eigenvalue weighted by Crippen LogP contribution is -2.37. The summed E-state index contributed by atoms with van der Waals surface area (Å²) in [6, 6.07) is 17.0. The van der Waals surface area contributed by atoms with Crippen LogP contribution in [0.25, 0.3) is 0 Å². The molecule has 0 radical (unpaired) electrons. The first-order chi connectivity index (χ1) is 16.0. The lowest BCUT2D eigenvalue weighted by Gasteiger charge is -2.28. The zero-order chi connectivity index (χ0) is 23.1. The highest BCUT2D eigenvalue weighted by molar-refractivity contribution is 5.80. The van der Waals surface area contributed by atoms with Gasteiger partial charge in [-0.25, -0.2) is 0 Å². The van der Waals surface area contributed by atoms with Crippen molar-refractivity contribution in [3.05, 3.63) is 77.4 Å². The van der Waals surface area contributed by atoms with Gasteiger partial charge in [-0.2, -0.15) is 23.9 Å². The SMILES string of the molecule is Cc1cccc(C=NNc2cc(N3CCOCC3)nc(OCC(F)(F)c3ccccc3)n2)c1. The van der Waals surface area contributed by atoms with Gasteiger partial charge in [0, 0.05) is 24.7 Å². The number of hydrazone groups is 1. The number of hydrogen-bond donors (Lipinski definition) is 1. The van der Waals surface area contributed by atoms with Crippen LogP contribution in [0.15, 0.2) is 65.8 Å². The Balaban J connectivity index is 1.52. The number of hydrogen-bond acceptors (Lipinski definition) is 7. The van der Waals surface area contributed by atoms with Crippen molar-refractivity contribution in [3.8, 4) is 6.01 Å². The zero-order valence-electron chi connectivity index (χ0n) is 18.2. The lowest BCUT2D eigenvalue weighted by atomic mass is 10.1. The van der Waals surface area contributed by atoms with Gasteiger partial charge in [0.2, 0.25) is 0 Å². The summed E-state index contributed by atoms with van der Waals surface area (Å²) in [5.74, 6) is -2.29. The molecule has 1 aromatic heterocycles. The minimum Gasteiger partial charge on any atom is -0.457 e. The Hall–Kier alpha value is -3.59. The van der Waals surface area contributed by atoms with Crippen LogP contribution in [0, 0.1) is 6.92 Å². The van der Waals surface area contributed by atoms with Crippen LogP contribution in [0.3, 0.4) is 0 Å². The Morgan fingerprint density at radius 3 is 2.64 bits per heavy atom. The summed E-state index contributed by atoms with van der Waals surface area (Å²) >= 11 is 0. The Bertz CT molecular complexity index is 1090. The topological polar surface area (TPSA) is 71.9 Å². The van der Waals surface area contributed by atoms with Crippen molar-refractivity contribution < 1.29 is 18.3 Å². The lowest BCUT2D eigenvalue weighted by molar-refractivity contribution is -0.0490. The fourth-order valence-electron chi connectivity index (χ4n) is 3.33. The van der Waals surface area contributed by atoms with Crippen LogP contribution in [0.4, 0.5) is 20.4 Å². The first-order valence-corrected chi connectivity index (χ1v) is 10.6. The fraction of sp³-hybridized carbons (Fsp3) is 0.292. The van der Waals surface area contributed by atoms with Crippen LogP contribution < -0.4 is 15.1 Å². The van der Waals surface area contributed by atoms with E-state index >= 15 is 0 Å². The molecular weight excluding hydrogens is 428 g/mol. The largest absolute Gasteiger partial charge is 0.457 e. The molecule has 0 unspecified atom stereocenters. The molecule has 7 nitrogen and oxygen atoms in total. The van der Waals surface area contributed by atoms with E-state index in [1.807, 2.05) is 36.1 Å². The smallest absolute Gasteiger partial charge is 0.320 e. The van der Waals surface area contributed by atoms with E-state index < -0.39 is 12.5 Å². The molecule has 2 heterocycles. The summed E-state index contributed by atoms with van der Waals surface area (Å²) in [6.45, 7) is 3.49. The van der Waals surface area contributed by atoms with Crippen molar-refractivity contribution >= 4 is 17.9 Å². The number of alkyl halides is 2. The van der Waals surface area contributed by atoms with Gasteiger partial charge >= 0.3 is 11.9 Å². The third kappa shape index (κ3) is 6.23. The van der Waals surface area contributed by atoms with E-state index in [1.54, 1.807) is 30.5 Å². The molecule has 1 saturated heterocycles. The Kier molecular flexibility index (Phi) is 7.09. The van der Waals surface area contributed by atoms with Gasteiger partial charge in [0.15, 0.2) is 12.4 Å². The maximum Gasteiger partial charge on any atom is 0.320 e. The predicted octanol–water partition coefficient (Wildman–Crippen LogP) is 4.24. The summed E-state index contributed by atoms with van der Waals surface area (Å²) in [5, 5.41) is 4.22. The predicted molar refractivity (Wildman–Crippen MR) is 123 cm³/mol. The van der Waals surface area contributed by atoms with Crippen molar-refractivity contribution in [1.29, 1.82) is 0 Å². The molecule has 0 aliphatic carbocycles. The van der Waals surface area contributed by atoms with Gasteiger partial charge in [-0.1, -0.05) is 60.2 Å². The van der Waals surface area contributed by atoms with Crippen LogP contribution >= 0.6 is 0 Å². The number of benzene rings is 2. The van der Waals surface area contributed by atoms with Crippen LogP contribution in [0.1, 0.15) is 16.7 Å². The number of nitrogens with zero attached hydrogens (tertiary/aromatic N) is 4. The minimum atomic E-state index is -3.18. The first kappa shape index (κ1) is 22.6. The number of aromatic nitrogens is 2. The number of nitrogens with one attached hydrogen (secondary N) is 1. The van der Waals surface area contributed by atoms with Gasteiger partial charge in [0.05, 0.1) is 19.4 Å². The van der Waals surface area contributed by atoms with Gasteiger partial charge in [0.25, 0.3) is 0 Å². The summed E-state index contributed by atoms with van der Waals surface area (Å²) in [4.78, 5) is 10.6. The number of aryl methyl sites for hydroxylation is 1. The molecule has 172 valence electrons. The number of halogens is 2. The molecule has 0 bridgehead atoms. The second-order valence-electron chi connectivity index (χ2n) is 7.64. The molecule has 0 amide bonds. The maximum atomic E-state index is 14.6. The van der Waals surface area contributed by atoms with Crippen LogP contribution in [0.5, 0.6) is 6.01 Å². The standard InChI is InChI=1S/C24H25F2N5O2/c1-18-6-5-7-19(14-18)16-27-30-21-15-22(31-10-12-32-13-11-31)29-23(28-21)33-17-24(25,26)20-8-3-2-4-9-20/h2-9,14-16H,10-13,17H2,1H3,(H,28,29,30). The molecule has 9 heteroatoms. The average Bonchev–Trinajstić information content (AvgIpc) is 2.84. The highest BCUT2D eigenvalue weighted by Crippen LogP contribution is 2.29. The molecule has 1 fully saturated rings. The van der Waals surface area contributed by atoms with Crippen molar-refractivity contribution in [2.45, 2.75) is 12.8 Å². The molecule has 2 aromatic carbocycles. The van der Waals surface area contributed by atoms with Crippen LogP contribution in [-0.4, -0.2) is 49.1 Å². The van der Waals surface area contributed by atoms with Gasteiger partial charge in [-0.3, -0.25) is 5.43 Å². The Morgan fingerprint density at radius 2 is 1.88 bits per heavy atom. The quantitative estimate of drug-likeness (QED) is 0.406. The third-order valence-corrected chi connectivity index (χ3v) is 5.04. The summed E-state index contributed by atoms with van der Waals surface area (Å²) in [6.07, 6.45) is 1.66. The van der Waals surface area contributed by atoms with Crippen molar-refractivity contribution in [2.24, 2.45) is 5.10 Å². The summed E-state index contributed by atoms with van der Waals surface area (Å²) in [5.41, 5.74) is 4.76. The highest BCUT2D eigenvalue weighted by atomic mass is 19.3. The molecule has 1 aliphatic heterocycles. The van der Waals surface area contributed by atoms with Crippen molar-refractivity contribution in [3.63, 3.8) is 0 Å². The van der Waals surface area contributed by atoms with Crippen LogP contribution in [0.2, 0.25) is 0 Å². The molecule has 0 spiro atoms.